The maximum Gasteiger partial charge on any atom is 0.123 e. The van der Waals surface area contributed by atoms with Gasteiger partial charge >= 0.3 is 0 Å². The minimum Gasteiger partial charge on any atom is -0.324 e. The zero-order valence-corrected chi connectivity index (χ0v) is 12.4. The summed E-state index contributed by atoms with van der Waals surface area (Å²) in [4.78, 5) is 0. The van der Waals surface area contributed by atoms with Crippen molar-refractivity contribution in [3.8, 4) is 0 Å². The number of halogens is 1. The molecule has 0 aromatic heterocycles. The summed E-state index contributed by atoms with van der Waals surface area (Å²) < 4.78 is 13.1. The Morgan fingerprint density at radius 2 is 1.60 bits per heavy atom. The lowest BCUT2D eigenvalue weighted by atomic mass is 9.94. The summed E-state index contributed by atoms with van der Waals surface area (Å²) in [6.45, 7) is 6.28. The lowest BCUT2D eigenvalue weighted by Gasteiger charge is -2.15. The molecule has 2 rings (SSSR count). The molecule has 1 nitrogen and oxygen atoms in total. The Hall–Kier alpha value is -1.67. The van der Waals surface area contributed by atoms with Gasteiger partial charge in [0, 0.05) is 6.04 Å². The molecule has 0 radical (unpaired) electrons. The van der Waals surface area contributed by atoms with Crippen LogP contribution < -0.4 is 5.73 Å². The van der Waals surface area contributed by atoms with E-state index in [2.05, 4.69) is 38.1 Å². The summed E-state index contributed by atoms with van der Waals surface area (Å²) >= 11 is 0. The summed E-state index contributed by atoms with van der Waals surface area (Å²) in [7, 11) is 0. The zero-order chi connectivity index (χ0) is 14.7. The second kappa shape index (κ2) is 6.19. The number of hydrogen-bond donors (Lipinski definition) is 1. The van der Waals surface area contributed by atoms with E-state index in [0.29, 0.717) is 5.92 Å². The van der Waals surface area contributed by atoms with Crippen LogP contribution in [0.1, 0.15) is 48.1 Å². The average molecular weight is 271 g/mol. The molecule has 0 aliphatic rings. The monoisotopic (exact) mass is 271 g/mol. The highest BCUT2D eigenvalue weighted by Crippen LogP contribution is 2.21. The molecule has 2 aromatic carbocycles. The Morgan fingerprint density at radius 1 is 1.00 bits per heavy atom. The molecule has 2 aromatic rings. The SMILES string of the molecule is Cc1cc(F)ccc1CC(N)c1ccc(C(C)C)cc1. The number of benzene rings is 2. The molecular formula is C18H22FN. The molecule has 106 valence electrons. The van der Waals surface area contributed by atoms with E-state index in [1.807, 2.05) is 13.0 Å². The van der Waals surface area contributed by atoms with Gasteiger partial charge in [-0.15, -0.1) is 0 Å². The first-order valence-electron chi connectivity index (χ1n) is 7.08. The molecule has 0 amide bonds. The first-order chi connectivity index (χ1) is 9.47. The first-order valence-corrected chi connectivity index (χ1v) is 7.08. The van der Waals surface area contributed by atoms with Gasteiger partial charge in [0.25, 0.3) is 0 Å². The van der Waals surface area contributed by atoms with Crippen molar-refractivity contribution in [2.24, 2.45) is 5.73 Å². The van der Waals surface area contributed by atoms with Gasteiger partial charge in [-0.1, -0.05) is 44.2 Å². The van der Waals surface area contributed by atoms with Crippen LogP contribution in [-0.2, 0) is 6.42 Å². The molecule has 0 bridgehead atoms. The van der Waals surface area contributed by atoms with Gasteiger partial charge in [-0.05, 0) is 53.6 Å². The van der Waals surface area contributed by atoms with Crippen LogP contribution in [-0.4, -0.2) is 0 Å². The topological polar surface area (TPSA) is 26.0 Å². The van der Waals surface area contributed by atoms with Crippen LogP contribution in [0.4, 0.5) is 4.39 Å². The Balaban J connectivity index is 2.13. The molecule has 0 saturated carbocycles. The van der Waals surface area contributed by atoms with Crippen LogP contribution in [0.3, 0.4) is 0 Å². The van der Waals surface area contributed by atoms with Gasteiger partial charge in [0.15, 0.2) is 0 Å². The van der Waals surface area contributed by atoms with Crippen molar-refractivity contribution in [3.63, 3.8) is 0 Å². The lowest BCUT2D eigenvalue weighted by molar-refractivity contribution is 0.624. The molecule has 0 aliphatic heterocycles. The summed E-state index contributed by atoms with van der Waals surface area (Å²) in [5.41, 5.74) is 10.8. The van der Waals surface area contributed by atoms with Gasteiger partial charge in [-0.2, -0.15) is 0 Å². The Labute approximate surface area is 120 Å². The van der Waals surface area contributed by atoms with Crippen molar-refractivity contribution >= 4 is 0 Å². The van der Waals surface area contributed by atoms with E-state index in [1.54, 1.807) is 6.07 Å². The molecule has 2 heteroatoms. The first kappa shape index (κ1) is 14.7. The maximum absolute atomic E-state index is 13.1. The van der Waals surface area contributed by atoms with Crippen LogP contribution in [0.5, 0.6) is 0 Å². The van der Waals surface area contributed by atoms with Gasteiger partial charge in [-0.25, -0.2) is 4.39 Å². The van der Waals surface area contributed by atoms with Crippen molar-refractivity contribution in [1.29, 1.82) is 0 Å². The molecule has 0 aliphatic carbocycles. The van der Waals surface area contributed by atoms with Crippen LogP contribution in [0.2, 0.25) is 0 Å². The van der Waals surface area contributed by atoms with Crippen LogP contribution >= 0.6 is 0 Å². The van der Waals surface area contributed by atoms with Crippen LogP contribution in [0.25, 0.3) is 0 Å². The summed E-state index contributed by atoms with van der Waals surface area (Å²) in [6, 6.07) is 13.3. The highest BCUT2D eigenvalue weighted by Gasteiger charge is 2.10. The average Bonchev–Trinajstić information content (AvgIpc) is 2.42. The quantitative estimate of drug-likeness (QED) is 0.870. The van der Waals surface area contributed by atoms with E-state index >= 15 is 0 Å². The number of nitrogens with two attached hydrogens (primary N) is 1. The highest BCUT2D eigenvalue weighted by atomic mass is 19.1. The number of hydrogen-bond acceptors (Lipinski definition) is 1. The fourth-order valence-corrected chi connectivity index (χ4v) is 2.37. The molecule has 1 unspecified atom stereocenters. The van der Waals surface area contributed by atoms with Gasteiger partial charge in [0.2, 0.25) is 0 Å². The molecule has 0 saturated heterocycles. The second-order valence-corrected chi connectivity index (χ2v) is 5.70. The Morgan fingerprint density at radius 3 is 2.15 bits per heavy atom. The third-order valence-corrected chi connectivity index (χ3v) is 3.78. The fraction of sp³-hybridized carbons (Fsp3) is 0.333. The standard InChI is InChI=1S/C18H22FN/c1-12(2)14-4-6-15(7-5-14)18(20)11-16-8-9-17(19)10-13(16)3/h4-10,12,18H,11,20H2,1-3H3. The van der Waals surface area contributed by atoms with Crippen LogP contribution in [0, 0.1) is 12.7 Å². The van der Waals surface area contributed by atoms with E-state index in [9.17, 15) is 4.39 Å². The van der Waals surface area contributed by atoms with Gasteiger partial charge < -0.3 is 5.73 Å². The van der Waals surface area contributed by atoms with Crippen molar-refractivity contribution in [2.45, 2.75) is 39.2 Å². The predicted octanol–water partition coefficient (Wildman–Crippen LogP) is 4.50. The van der Waals surface area contributed by atoms with Crippen LogP contribution in [0.15, 0.2) is 42.5 Å². The van der Waals surface area contributed by atoms with Crippen molar-refractivity contribution in [3.05, 3.63) is 70.5 Å². The summed E-state index contributed by atoms with van der Waals surface area (Å²) in [6.07, 6.45) is 0.729. The third kappa shape index (κ3) is 3.45. The van der Waals surface area contributed by atoms with E-state index < -0.39 is 0 Å². The normalized spacial score (nSPS) is 12.7. The molecule has 0 spiro atoms. The van der Waals surface area contributed by atoms with Crippen molar-refractivity contribution < 1.29 is 4.39 Å². The maximum atomic E-state index is 13.1. The molecule has 2 N–H and O–H groups in total. The zero-order valence-electron chi connectivity index (χ0n) is 12.4. The molecular weight excluding hydrogens is 249 g/mol. The Bertz CT molecular complexity index is 572. The number of rotatable bonds is 4. The minimum absolute atomic E-state index is 0.0552. The van der Waals surface area contributed by atoms with Gasteiger partial charge in [0.1, 0.15) is 5.82 Å². The van der Waals surface area contributed by atoms with Crippen molar-refractivity contribution in [2.75, 3.05) is 0 Å². The largest absolute Gasteiger partial charge is 0.324 e. The van der Waals surface area contributed by atoms with Gasteiger partial charge in [0.05, 0.1) is 0 Å². The molecule has 20 heavy (non-hydrogen) atoms. The predicted molar refractivity (Wildman–Crippen MR) is 82.3 cm³/mol. The molecule has 0 fully saturated rings. The van der Waals surface area contributed by atoms with E-state index in [-0.39, 0.29) is 11.9 Å². The second-order valence-electron chi connectivity index (χ2n) is 5.70. The fourth-order valence-electron chi connectivity index (χ4n) is 2.37. The van der Waals surface area contributed by atoms with E-state index in [1.165, 1.54) is 11.6 Å². The van der Waals surface area contributed by atoms with E-state index in [0.717, 1.165) is 23.1 Å². The third-order valence-electron chi connectivity index (χ3n) is 3.78. The molecule has 1 atom stereocenters. The smallest absolute Gasteiger partial charge is 0.123 e. The Kier molecular flexibility index (Phi) is 4.56. The summed E-state index contributed by atoms with van der Waals surface area (Å²) in [5.74, 6) is 0.334. The minimum atomic E-state index is -0.193. The van der Waals surface area contributed by atoms with E-state index in [4.69, 9.17) is 5.73 Å². The molecule has 0 heterocycles. The van der Waals surface area contributed by atoms with Gasteiger partial charge in [-0.3, -0.25) is 0 Å². The number of aryl methyl sites for hydroxylation is 1. The van der Waals surface area contributed by atoms with Crippen molar-refractivity contribution in [1.82, 2.24) is 0 Å². The lowest BCUT2D eigenvalue weighted by Crippen LogP contribution is -2.14. The highest BCUT2D eigenvalue weighted by molar-refractivity contribution is 5.31. The summed E-state index contributed by atoms with van der Waals surface area (Å²) in [5, 5.41) is 0.